The van der Waals surface area contributed by atoms with E-state index in [1.54, 1.807) is 0 Å². The maximum atomic E-state index is 12.0. The third kappa shape index (κ3) is 6.03. The zero-order valence-corrected chi connectivity index (χ0v) is 13.7. The highest BCUT2D eigenvalue weighted by molar-refractivity contribution is 5.93. The fourth-order valence-corrected chi connectivity index (χ4v) is 2.41. The minimum absolute atomic E-state index is 0.308. The molecule has 0 saturated carbocycles. The van der Waals surface area contributed by atoms with Gasteiger partial charge >= 0.3 is 11.9 Å². The second-order valence-corrected chi connectivity index (χ2v) is 5.74. The molecule has 1 fully saturated rings. The molecule has 0 radical (unpaired) electrons. The van der Waals surface area contributed by atoms with Crippen LogP contribution in [0.15, 0.2) is 0 Å². The Hall–Kier alpha value is -2.69. The van der Waals surface area contributed by atoms with Crippen LogP contribution in [0, 0.1) is 0 Å². The number of nitrogens with zero attached hydrogens (tertiary/aromatic N) is 1. The number of amides is 3. The van der Waals surface area contributed by atoms with Gasteiger partial charge in [-0.3, -0.25) is 19.2 Å². The standard InChI is InChI=1S/C14H22N4O7/c1-7(17-13(23)8(15)5-11(20)21)12(22)16-6-10(19)18-4-2-3-9(18)14(24)25/h7-9H,2-6,15H2,1H3,(H,16,22)(H,17,23)(H,20,21)(H,24,25). The number of carbonyl (C=O) groups is 5. The Bertz CT molecular complexity index is 565. The Balaban J connectivity index is 2.45. The number of likely N-dealkylation sites (tertiary alicyclic amines) is 1. The summed E-state index contributed by atoms with van der Waals surface area (Å²) in [4.78, 5) is 58.3. The molecule has 0 aliphatic carbocycles. The van der Waals surface area contributed by atoms with E-state index in [1.807, 2.05) is 0 Å². The molecule has 0 aromatic rings. The molecule has 3 atom stereocenters. The highest BCUT2D eigenvalue weighted by atomic mass is 16.4. The van der Waals surface area contributed by atoms with E-state index in [2.05, 4.69) is 10.6 Å². The Kier molecular flexibility index (Phi) is 7.30. The zero-order valence-electron chi connectivity index (χ0n) is 13.7. The van der Waals surface area contributed by atoms with Gasteiger partial charge in [0, 0.05) is 6.54 Å². The van der Waals surface area contributed by atoms with Crippen LogP contribution < -0.4 is 16.4 Å². The molecule has 1 aliphatic rings. The molecule has 11 heteroatoms. The molecule has 3 amide bonds. The van der Waals surface area contributed by atoms with Gasteiger partial charge in [0.2, 0.25) is 17.7 Å². The number of rotatable bonds is 8. The van der Waals surface area contributed by atoms with Crippen molar-refractivity contribution < 1.29 is 34.2 Å². The monoisotopic (exact) mass is 358 g/mol. The van der Waals surface area contributed by atoms with Gasteiger partial charge in [0.15, 0.2) is 0 Å². The van der Waals surface area contributed by atoms with Gasteiger partial charge in [-0.25, -0.2) is 4.79 Å². The van der Waals surface area contributed by atoms with Crippen LogP contribution in [0.4, 0.5) is 0 Å². The highest BCUT2D eigenvalue weighted by Crippen LogP contribution is 2.17. The van der Waals surface area contributed by atoms with E-state index in [4.69, 9.17) is 15.9 Å². The van der Waals surface area contributed by atoms with Crippen molar-refractivity contribution in [3.05, 3.63) is 0 Å². The van der Waals surface area contributed by atoms with Crippen molar-refractivity contribution in [1.29, 1.82) is 0 Å². The third-order valence-electron chi connectivity index (χ3n) is 3.76. The first-order chi connectivity index (χ1) is 11.6. The van der Waals surface area contributed by atoms with Gasteiger partial charge in [-0.05, 0) is 19.8 Å². The number of carboxylic acid groups (broad SMARTS) is 2. The highest BCUT2D eigenvalue weighted by Gasteiger charge is 2.34. The van der Waals surface area contributed by atoms with Crippen LogP contribution in [0.1, 0.15) is 26.2 Å². The molecule has 1 heterocycles. The van der Waals surface area contributed by atoms with Crippen LogP contribution in [-0.2, 0) is 24.0 Å². The number of hydrogen-bond donors (Lipinski definition) is 5. The average molecular weight is 358 g/mol. The number of hydrogen-bond acceptors (Lipinski definition) is 6. The summed E-state index contributed by atoms with van der Waals surface area (Å²) in [6.45, 7) is 1.26. The predicted molar refractivity (Wildman–Crippen MR) is 83.2 cm³/mol. The van der Waals surface area contributed by atoms with Crippen LogP contribution in [0.25, 0.3) is 0 Å². The van der Waals surface area contributed by atoms with Crippen molar-refractivity contribution in [3.63, 3.8) is 0 Å². The Morgan fingerprint density at radius 3 is 2.40 bits per heavy atom. The lowest BCUT2D eigenvalue weighted by Gasteiger charge is -2.22. The molecule has 25 heavy (non-hydrogen) atoms. The minimum atomic E-state index is -1.30. The van der Waals surface area contributed by atoms with Gasteiger partial charge in [0.1, 0.15) is 12.1 Å². The SMILES string of the molecule is CC(NC(=O)C(N)CC(=O)O)C(=O)NCC(=O)N1CCCC1C(=O)O. The summed E-state index contributed by atoms with van der Waals surface area (Å²) in [5.41, 5.74) is 5.37. The fourth-order valence-electron chi connectivity index (χ4n) is 2.41. The van der Waals surface area contributed by atoms with Crippen LogP contribution in [0.2, 0.25) is 0 Å². The van der Waals surface area contributed by atoms with E-state index in [1.165, 1.54) is 11.8 Å². The molecule has 1 saturated heterocycles. The van der Waals surface area contributed by atoms with Crippen LogP contribution in [0.3, 0.4) is 0 Å². The smallest absolute Gasteiger partial charge is 0.326 e. The molecule has 0 aromatic heterocycles. The van der Waals surface area contributed by atoms with E-state index >= 15 is 0 Å². The van der Waals surface area contributed by atoms with Crippen LogP contribution in [-0.4, -0.2) is 76.0 Å². The van der Waals surface area contributed by atoms with E-state index in [-0.39, 0.29) is 0 Å². The minimum Gasteiger partial charge on any atom is -0.481 e. The fraction of sp³-hybridized carbons (Fsp3) is 0.643. The third-order valence-corrected chi connectivity index (χ3v) is 3.76. The summed E-state index contributed by atoms with van der Waals surface area (Å²) in [5, 5.41) is 22.1. The van der Waals surface area contributed by atoms with Gasteiger partial charge in [0.25, 0.3) is 0 Å². The van der Waals surface area contributed by atoms with E-state index in [0.717, 1.165) is 0 Å². The van der Waals surface area contributed by atoms with Crippen molar-refractivity contribution in [2.75, 3.05) is 13.1 Å². The first-order valence-corrected chi connectivity index (χ1v) is 7.71. The van der Waals surface area contributed by atoms with E-state index < -0.39 is 60.8 Å². The molecule has 1 rings (SSSR count). The normalized spacial score (nSPS) is 19.0. The number of aliphatic carboxylic acids is 2. The topological polar surface area (TPSA) is 179 Å². The molecular weight excluding hydrogens is 336 g/mol. The number of nitrogens with two attached hydrogens (primary N) is 1. The molecule has 1 aliphatic heterocycles. The molecule has 3 unspecified atom stereocenters. The second kappa shape index (κ2) is 8.97. The van der Waals surface area contributed by atoms with Crippen molar-refractivity contribution in [1.82, 2.24) is 15.5 Å². The maximum Gasteiger partial charge on any atom is 0.326 e. The van der Waals surface area contributed by atoms with Gasteiger partial charge in [0.05, 0.1) is 19.0 Å². The van der Waals surface area contributed by atoms with Gasteiger partial charge < -0.3 is 31.5 Å². The summed E-state index contributed by atoms with van der Waals surface area (Å²) < 4.78 is 0. The lowest BCUT2D eigenvalue weighted by atomic mass is 10.2. The Morgan fingerprint density at radius 2 is 1.84 bits per heavy atom. The summed E-state index contributed by atoms with van der Waals surface area (Å²) >= 11 is 0. The average Bonchev–Trinajstić information content (AvgIpc) is 3.01. The maximum absolute atomic E-state index is 12.0. The molecule has 0 bridgehead atoms. The number of carboxylic acids is 2. The molecular formula is C14H22N4O7. The Labute approximate surface area is 143 Å². The predicted octanol–water partition coefficient (Wildman–Crippen LogP) is -2.52. The largest absolute Gasteiger partial charge is 0.481 e. The van der Waals surface area contributed by atoms with Gasteiger partial charge in [-0.2, -0.15) is 0 Å². The van der Waals surface area contributed by atoms with Crippen LogP contribution in [0.5, 0.6) is 0 Å². The van der Waals surface area contributed by atoms with Crippen molar-refractivity contribution >= 4 is 29.7 Å². The number of carbonyl (C=O) groups excluding carboxylic acids is 3. The van der Waals surface area contributed by atoms with Crippen molar-refractivity contribution in [2.24, 2.45) is 5.73 Å². The Morgan fingerprint density at radius 1 is 1.20 bits per heavy atom. The first-order valence-electron chi connectivity index (χ1n) is 7.71. The molecule has 140 valence electrons. The van der Waals surface area contributed by atoms with Gasteiger partial charge in [-0.15, -0.1) is 0 Å². The second-order valence-electron chi connectivity index (χ2n) is 5.74. The summed E-state index contributed by atoms with van der Waals surface area (Å²) in [6.07, 6.45) is 0.359. The molecule has 6 N–H and O–H groups in total. The summed E-state index contributed by atoms with van der Waals surface area (Å²) in [5.74, 6) is -4.34. The molecule has 0 aromatic carbocycles. The quantitative estimate of drug-likeness (QED) is 0.315. The van der Waals surface area contributed by atoms with E-state index in [9.17, 15) is 24.0 Å². The van der Waals surface area contributed by atoms with E-state index in [0.29, 0.717) is 19.4 Å². The van der Waals surface area contributed by atoms with Gasteiger partial charge in [-0.1, -0.05) is 0 Å². The van der Waals surface area contributed by atoms with Crippen LogP contribution >= 0.6 is 0 Å². The lowest BCUT2D eigenvalue weighted by Crippen LogP contribution is -2.52. The summed E-state index contributed by atoms with van der Waals surface area (Å²) in [6, 6.07) is -3.22. The lowest BCUT2D eigenvalue weighted by molar-refractivity contribution is -0.148. The first kappa shape index (κ1) is 20.4. The molecule has 0 spiro atoms. The van der Waals surface area contributed by atoms with Crippen molar-refractivity contribution in [3.8, 4) is 0 Å². The summed E-state index contributed by atoms with van der Waals surface area (Å²) in [7, 11) is 0. The number of nitrogens with one attached hydrogen (secondary N) is 2. The molecule has 11 nitrogen and oxygen atoms in total. The van der Waals surface area contributed by atoms with Crippen molar-refractivity contribution in [2.45, 2.75) is 44.3 Å². The zero-order chi connectivity index (χ0) is 19.1.